The molecule has 3 rings (SSSR count). The lowest BCUT2D eigenvalue weighted by Gasteiger charge is -2.30. The minimum atomic E-state index is 0.0699. The van der Waals surface area contributed by atoms with E-state index in [0.29, 0.717) is 0 Å². The quantitative estimate of drug-likeness (QED) is 0.187. The van der Waals surface area contributed by atoms with Crippen LogP contribution in [-0.2, 0) is 0 Å². The zero-order valence-electron chi connectivity index (χ0n) is 25.9. The van der Waals surface area contributed by atoms with Crippen molar-refractivity contribution in [3.05, 3.63) is 184 Å². The van der Waals surface area contributed by atoms with Crippen molar-refractivity contribution in [3.8, 4) is 0 Å². The summed E-state index contributed by atoms with van der Waals surface area (Å²) in [4.78, 5) is 2.42. The number of benzene rings is 2. The topological polar surface area (TPSA) is 3.24 Å². The monoisotopic (exact) mass is 551 g/mol. The summed E-state index contributed by atoms with van der Waals surface area (Å²) in [5.41, 5.74) is 12.7. The van der Waals surface area contributed by atoms with Crippen molar-refractivity contribution in [2.75, 3.05) is 6.54 Å². The fourth-order valence-corrected chi connectivity index (χ4v) is 4.34. The van der Waals surface area contributed by atoms with Crippen molar-refractivity contribution < 1.29 is 0 Å². The molecule has 42 heavy (non-hydrogen) atoms. The summed E-state index contributed by atoms with van der Waals surface area (Å²) in [7, 11) is 0. The maximum absolute atomic E-state index is 4.08. The summed E-state index contributed by atoms with van der Waals surface area (Å²) in [6.07, 6.45) is 33.4. The van der Waals surface area contributed by atoms with Gasteiger partial charge in [-0.2, -0.15) is 0 Å². The predicted molar refractivity (Wildman–Crippen MR) is 186 cm³/mol. The SMILES string of the molecule is C=C(C)/C=C\C(=C/CC)N(C/C=C\C(C=Cc1ccc(C)cc1)=C/C)C1C=CC=C=C(C=Cc2ccc(C)cc2)/C=C\1. The molecule has 1 nitrogen and oxygen atoms in total. The molecular weight excluding hydrogens is 506 g/mol. The van der Waals surface area contributed by atoms with Gasteiger partial charge in [0.05, 0.1) is 6.04 Å². The minimum Gasteiger partial charge on any atom is -0.358 e. The smallest absolute Gasteiger partial charge is 0.0667 e. The van der Waals surface area contributed by atoms with E-state index in [9.17, 15) is 0 Å². The van der Waals surface area contributed by atoms with E-state index in [1.807, 2.05) is 13.0 Å². The van der Waals surface area contributed by atoms with Crippen LogP contribution in [0.2, 0.25) is 0 Å². The van der Waals surface area contributed by atoms with Crippen LogP contribution in [0.15, 0.2) is 162 Å². The third-order valence-corrected chi connectivity index (χ3v) is 6.79. The Morgan fingerprint density at radius 2 is 1.52 bits per heavy atom. The first-order chi connectivity index (χ1) is 20.4. The Hall–Kier alpha value is -4.58. The van der Waals surface area contributed by atoms with Crippen LogP contribution in [0, 0.1) is 13.8 Å². The number of rotatable bonds is 12. The largest absolute Gasteiger partial charge is 0.358 e. The number of nitrogens with zero attached hydrogens (tertiary/aromatic N) is 1. The van der Waals surface area contributed by atoms with Gasteiger partial charge in [0.1, 0.15) is 0 Å². The zero-order valence-corrected chi connectivity index (χ0v) is 25.9. The number of hydrogen-bond acceptors (Lipinski definition) is 1. The van der Waals surface area contributed by atoms with Crippen LogP contribution in [0.25, 0.3) is 12.2 Å². The Labute approximate surface area is 254 Å². The van der Waals surface area contributed by atoms with Crippen LogP contribution in [0.3, 0.4) is 0 Å². The molecule has 0 aliphatic heterocycles. The van der Waals surface area contributed by atoms with Gasteiger partial charge in [0.2, 0.25) is 0 Å². The molecule has 1 atom stereocenters. The zero-order chi connectivity index (χ0) is 30.2. The first kappa shape index (κ1) is 31.9. The van der Waals surface area contributed by atoms with Gasteiger partial charge in [-0.25, -0.2) is 0 Å². The van der Waals surface area contributed by atoms with Crippen molar-refractivity contribution in [3.63, 3.8) is 0 Å². The molecule has 1 aliphatic carbocycles. The summed E-state index contributed by atoms with van der Waals surface area (Å²) in [5, 5.41) is 0. The van der Waals surface area contributed by atoms with Crippen LogP contribution in [0.5, 0.6) is 0 Å². The molecule has 0 N–H and O–H groups in total. The van der Waals surface area contributed by atoms with Gasteiger partial charge in [-0.15, -0.1) is 5.73 Å². The standard InChI is InChI=1S/C41H45N/c1-7-12-40(30-16-33(3)4)42(32-11-14-36(8-2)25-26-38-21-17-34(5)18-22-38)41-15-10-9-13-37(29-31-41)27-28-39-23-19-35(6)20-24-39/h8-12,14-31,41H,3,7,32H2,1-2,4-6H3/b14-11-,15-10?,26-25?,28-27?,30-16-,31-29-,36-8+,40-12+. The Kier molecular flexibility index (Phi) is 13.1. The summed E-state index contributed by atoms with van der Waals surface area (Å²) in [5.74, 6) is 0. The lowest BCUT2D eigenvalue weighted by molar-refractivity contribution is 0.373. The lowest BCUT2D eigenvalue weighted by atomic mass is 10.1. The van der Waals surface area contributed by atoms with Gasteiger partial charge in [-0.3, -0.25) is 0 Å². The highest BCUT2D eigenvalue weighted by Gasteiger charge is 2.14. The van der Waals surface area contributed by atoms with E-state index in [-0.39, 0.29) is 6.04 Å². The summed E-state index contributed by atoms with van der Waals surface area (Å²) >= 11 is 0. The fourth-order valence-electron chi connectivity index (χ4n) is 4.34. The summed E-state index contributed by atoms with van der Waals surface area (Å²) in [6.45, 7) is 15.3. The Balaban J connectivity index is 1.85. The molecular formula is C41H45N. The molecule has 0 fully saturated rings. The molecule has 0 heterocycles. The highest BCUT2D eigenvalue weighted by molar-refractivity contribution is 5.56. The van der Waals surface area contributed by atoms with E-state index in [1.54, 1.807) is 0 Å². The minimum absolute atomic E-state index is 0.0699. The van der Waals surface area contributed by atoms with Crippen molar-refractivity contribution in [2.24, 2.45) is 0 Å². The highest BCUT2D eigenvalue weighted by atomic mass is 15.2. The molecule has 2 aromatic rings. The Morgan fingerprint density at radius 1 is 0.857 bits per heavy atom. The normalized spacial score (nSPS) is 16.9. The van der Waals surface area contributed by atoms with Crippen molar-refractivity contribution in [1.82, 2.24) is 4.90 Å². The average molecular weight is 552 g/mol. The second-order valence-electron chi connectivity index (χ2n) is 10.5. The second kappa shape index (κ2) is 17.3. The molecule has 0 amide bonds. The lowest BCUT2D eigenvalue weighted by Crippen LogP contribution is -2.31. The van der Waals surface area contributed by atoms with Crippen LogP contribution in [-0.4, -0.2) is 17.5 Å². The van der Waals surface area contributed by atoms with E-state index in [0.717, 1.165) is 24.1 Å². The van der Waals surface area contributed by atoms with Gasteiger partial charge in [-0.1, -0.05) is 146 Å². The number of aryl methyl sites for hydroxylation is 2. The Bertz CT molecular complexity index is 1490. The number of allylic oxidation sites excluding steroid dienone is 12. The third kappa shape index (κ3) is 11.1. The summed E-state index contributed by atoms with van der Waals surface area (Å²) in [6, 6.07) is 17.2. The van der Waals surface area contributed by atoms with Crippen LogP contribution < -0.4 is 0 Å². The molecule has 0 saturated heterocycles. The van der Waals surface area contributed by atoms with Gasteiger partial charge in [0.15, 0.2) is 0 Å². The second-order valence-corrected chi connectivity index (χ2v) is 10.5. The molecule has 214 valence electrons. The van der Waals surface area contributed by atoms with Gasteiger partial charge in [-0.05, 0) is 75.1 Å². The molecule has 0 radical (unpaired) electrons. The molecule has 1 heteroatoms. The number of hydrogen-bond donors (Lipinski definition) is 0. The van der Waals surface area contributed by atoms with Crippen LogP contribution in [0.1, 0.15) is 49.4 Å². The molecule has 1 aliphatic rings. The van der Waals surface area contributed by atoms with E-state index >= 15 is 0 Å². The van der Waals surface area contributed by atoms with Crippen molar-refractivity contribution >= 4 is 12.2 Å². The third-order valence-electron chi connectivity index (χ3n) is 6.79. The Morgan fingerprint density at radius 3 is 2.14 bits per heavy atom. The molecule has 0 saturated carbocycles. The van der Waals surface area contributed by atoms with Crippen molar-refractivity contribution in [2.45, 2.75) is 47.1 Å². The van der Waals surface area contributed by atoms with Crippen LogP contribution in [0.4, 0.5) is 0 Å². The van der Waals surface area contributed by atoms with Gasteiger partial charge in [0, 0.05) is 17.8 Å². The molecule has 0 spiro atoms. The first-order valence-electron chi connectivity index (χ1n) is 14.8. The summed E-state index contributed by atoms with van der Waals surface area (Å²) < 4.78 is 0. The van der Waals surface area contributed by atoms with E-state index < -0.39 is 0 Å². The van der Waals surface area contributed by atoms with Crippen molar-refractivity contribution in [1.29, 1.82) is 0 Å². The van der Waals surface area contributed by atoms with Crippen LogP contribution >= 0.6 is 0 Å². The molecule has 0 bridgehead atoms. The highest BCUT2D eigenvalue weighted by Crippen LogP contribution is 2.19. The molecule has 2 aromatic carbocycles. The van der Waals surface area contributed by atoms with Gasteiger partial charge < -0.3 is 4.90 Å². The van der Waals surface area contributed by atoms with Gasteiger partial charge in [0.25, 0.3) is 0 Å². The first-order valence-corrected chi connectivity index (χ1v) is 14.8. The maximum Gasteiger partial charge on any atom is 0.0667 e. The fraction of sp³-hybridized carbons (Fsp3) is 0.195. The van der Waals surface area contributed by atoms with Gasteiger partial charge >= 0.3 is 0 Å². The molecule has 1 unspecified atom stereocenters. The molecule has 0 aromatic heterocycles. The van der Waals surface area contributed by atoms with E-state index in [2.05, 4.69) is 179 Å². The van der Waals surface area contributed by atoms with E-state index in [1.165, 1.54) is 33.5 Å². The average Bonchev–Trinajstić information content (AvgIpc) is 2.97. The van der Waals surface area contributed by atoms with E-state index in [4.69, 9.17) is 0 Å². The maximum atomic E-state index is 4.08. The predicted octanol–water partition coefficient (Wildman–Crippen LogP) is 10.8.